The first-order chi connectivity index (χ1) is 9.99. The predicted molar refractivity (Wildman–Crippen MR) is 83.2 cm³/mol. The first-order valence-electron chi connectivity index (χ1n) is 8.23. The van der Waals surface area contributed by atoms with Crippen molar-refractivity contribution < 1.29 is 14.7 Å². The number of carbonyl (C=O) groups is 2. The minimum absolute atomic E-state index is 0.0973. The van der Waals surface area contributed by atoms with Crippen molar-refractivity contribution in [3.8, 4) is 0 Å². The molecule has 1 rings (SSSR count). The van der Waals surface area contributed by atoms with Crippen LogP contribution < -0.4 is 10.6 Å². The Kier molecular flexibility index (Phi) is 8.16. The molecule has 3 N–H and O–H groups in total. The largest absolute Gasteiger partial charge is 0.481 e. The molecule has 1 fully saturated rings. The molecule has 0 bridgehead atoms. The SMILES string of the molecule is CC(C)CCCCNC(=O)NCC1CCC(C(=O)O)CC1. The average Bonchev–Trinajstić information content (AvgIpc) is 2.44. The molecule has 0 aliphatic heterocycles. The van der Waals surface area contributed by atoms with Gasteiger partial charge >= 0.3 is 12.0 Å². The van der Waals surface area contributed by atoms with Gasteiger partial charge in [-0.25, -0.2) is 4.79 Å². The summed E-state index contributed by atoms with van der Waals surface area (Å²) >= 11 is 0. The fourth-order valence-electron chi connectivity index (χ4n) is 2.79. The van der Waals surface area contributed by atoms with Crippen molar-refractivity contribution in [3.63, 3.8) is 0 Å². The molecular formula is C16H30N2O3. The van der Waals surface area contributed by atoms with Crippen LogP contribution in [0.5, 0.6) is 0 Å². The summed E-state index contributed by atoms with van der Waals surface area (Å²) in [5.74, 6) is 0.281. The lowest BCUT2D eigenvalue weighted by molar-refractivity contribution is -0.143. The van der Waals surface area contributed by atoms with Crippen LogP contribution in [0.4, 0.5) is 4.79 Å². The van der Waals surface area contributed by atoms with E-state index in [-0.39, 0.29) is 11.9 Å². The number of rotatable bonds is 8. The van der Waals surface area contributed by atoms with Crippen LogP contribution in [0.15, 0.2) is 0 Å². The highest BCUT2D eigenvalue weighted by atomic mass is 16.4. The van der Waals surface area contributed by atoms with Crippen molar-refractivity contribution in [2.24, 2.45) is 17.8 Å². The summed E-state index contributed by atoms with van der Waals surface area (Å²) in [5.41, 5.74) is 0. The first-order valence-corrected chi connectivity index (χ1v) is 8.23. The Morgan fingerprint density at radius 1 is 1.10 bits per heavy atom. The average molecular weight is 298 g/mol. The minimum atomic E-state index is -0.680. The van der Waals surface area contributed by atoms with E-state index < -0.39 is 5.97 Å². The Bertz CT molecular complexity index is 323. The molecule has 21 heavy (non-hydrogen) atoms. The summed E-state index contributed by atoms with van der Waals surface area (Å²) < 4.78 is 0. The predicted octanol–water partition coefficient (Wildman–Crippen LogP) is 3.00. The summed E-state index contributed by atoms with van der Waals surface area (Å²) in [4.78, 5) is 22.5. The van der Waals surface area contributed by atoms with Gasteiger partial charge in [-0.05, 0) is 43.9 Å². The van der Waals surface area contributed by atoms with E-state index in [2.05, 4.69) is 24.5 Å². The van der Waals surface area contributed by atoms with Gasteiger partial charge in [-0.15, -0.1) is 0 Å². The van der Waals surface area contributed by atoms with Crippen LogP contribution in [-0.4, -0.2) is 30.2 Å². The van der Waals surface area contributed by atoms with Gasteiger partial charge in [0, 0.05) is 13.1 Å². The normalized spacial score (nSPS) is 22.0. The van der Waals surface area contributed by atoms with E-state index >= 15 is 0 Å². The smallest absolute Gasteiger partial charge is 0.314 e. The molecule has 1 saturated carbocycles. The standard InChI is InChI=1S/C16H30N2O3/c1-12(2)5-3-4-10-17-16(21)18-11-13-6-8-14(9-7-13)15(19)20/h12-14H,3-11H2,1-2H3,(H,19,20)(H2,17,18,21). The highest BCUT2D eigenvalue weighted by Gasteiger charge is 2.25. The number of unbranched alkanes of at least 4 members (excludes halogenated alkanes) is 1. The topological polar surface area (TPSA) is 78.4 Å². The van der Waals surface area contributed by atoms with E-state index in [1.165, 1.54) is 6.42 Å². The molecule has 0 heterocycles. The van der Waals surface area contributed by atoms with E-state index in [1.807, 2.05) is 0 Å². The highest BCUT2D eigenvalue weighted by molar-refractivity contribution is 5.73. The highest BCUT2D eigenvalue weighted by Crippen LogP contribution is 2.28. The quantitative estimate of drug-likeness (QED) is 0.603. The lowest BCUT2D eigenvalue weighted by Crippen LogP contribution is -2.39. The maximum absolute atomic E-state index is 11.6. The number of urea groups is 1. The van der Waals surface area contributed by atoms with Gasteiger partial charge in [0.25, 0.3) is 0 Å². The zero-order valence-corrected chi connectivity index (χ0v) is 13.4. The van der Waals surface area contributed by atoms with E-state index in [4.69, 9.17) is 5.11 Å². The molecule has 0 radical (unpaired) electrons. The van der Waals surface area contributed by atoms with Gasteiger partial charge in [-0.1, -0.05) is 26.7 Å². The molecule has 0 aromatic carbocycles. The molecule has 0 aromatic rings. The number of hydrogen-bond acceptors (Lipinski definition) is 2. The molecule has 5 heteroatoms. The Labute approximate surface area is 127 Å². The van der Waals surface area contributed by atoms with E-state index in [0.29, 0.717) is 12.5 Å². The number of nitrogens with one attached hydrogen (secondary N) is 2. The lowest BCUT2D eigenvalue weighted by Gasteiger charge is -2.26. The zero-order chi connectivity index (χ0) is 15.7. The third-order valence-corrected chi connectivity index (χ3v) is 4.24. The van der Waals surface area contributed by atoms with Gasteiger partial charge in [0.1, 0.15) is 0 Å². The molecule has 5 nitrogen and oxygen atoms in total. The second-order valence-electron chi connectivity index (χ2n) is 6.58. The molecule has 122 valence electrons. The zero-order valence-electron chi connectivity index (χ0n) is 13.4. The van der Waals surface area contributed by atoms with Crippen molar-refractivity contribution in [2.45, 2.75) is 58.8 Å². The molecule has 0 spiro atoms. The number of carbonyl (C=O) groups excluding carboxylic acids is 1. The van der Waals surface area contributed by atoms with Gasteiger partial charge in [0.2, 0.25) is 0 Å². The third-order valence-electron chi connectivity index (χ3n) is 4.24. The number of carboxylic acids is 1. The van der Waals surface area contributed by atoms with Gasteiger partial charge in [-0.3, -0.25) is 4.79 Å². The van der Waals surface area contributed by atoms with Crippen LogP contribution in [-0.2, 0) is 4.79 Å². The maximum Gasteiger partial charge on any atom is 0.314 e. The molecule has 0 aromatic heterocycles. The van der Waals surface area contributed by atoms with Crippen LogP contribution in [0.3, 0.4) is 0 Å². The van der Waals surface area contributed by atoms with Crippen LogP contribution in [0, 0.1) is 17.8 Å². The lowest BCUT2D eigenvalue weighted by atomic mass is 9.82. The Morgan fingerprint density at radius 2 is 1.76 bits per heavy atom. The molecular weight excluding hydrogens is 268 g/mol. The Hall–Kier alpha value is -1.26. The van der Waals surface area contributed by atoms with Crippen molar-refractivity contribution in [2.75, 3.05) is 13.1 Å². The molecule has 2 amide bonds. The number of hydrogen-bond donors (Lipinski definition) is 3. The van der Waals surface area contributed by atoms with Crippen molar-refractivity contribution in [3.05, 3.63) is 0 Å². The third kappa shape index (κ3) is 7.93. The second-order valence-corrected chi connectivity index (χ2v) is 6.58. The number of aliphatic carboxylic acids is 1. The summed E-state index contributed by atoms with van der Waals surface area (Å²) in [6, 6.07) is -0.0973. The van der Waals surface area contributed by atoms with Gasteiger partial charge < -0.3 is 15.7 Å². The summed E-state index contributed by atoms with van der Waals surface area (Å²) in [6.07, 6.45) is 6.64. The Balaban J connectivity index is 2.02. The summed E-state index contributed by atoms with van der Waals surface area (Å²) in [5, 5.41) is 14.7. The van der Waals surface area contributed by atoms with Gasteiger partial charge in [0.05, 0.1) is 5.92 Å². The first kappa shape index (κ1) is 17.8. The van der Waals surface area contributed by atoms with Crippen LogP contribution >= 0.6 is 0 Å². The van der Waals surface area contributed by atoms with Crippen LogP contribution in [0.1, 0.15) is 58.8 Å². The van der Waals surface area contributed by atoms with E-state index in [9.17, 15) is 9.59 Å². The van der Waals surface area contributed by atoms with Crippen LogP contribution in [0.2, 0.25) is 0 Å². The monoisotopic (exact) mass is 298 g/mol. The summed E-state index contributed by atoms with van der Waals surface area (Å²) in [6.45, 7) is 5.80. The summed E-state index contributed by atoms with van der Waals surface area (Å²) in [7, 11) is 0. The fourth-order valence-corrected chi connectivity index (χ4v) is 2.79. The maximum atomic E-state index is 11.6. The van der Waals surface area contributed by atoms with Crippen molar-refractivity contribution >= 4 is 12.0 Å². The van der Waals surface area contributed by atoms with Gasteiger partial charge in [-0.2, -0.15) is 0 Å². The molecule has 0 saturated heterocycles. The van der Waals surface area contributed by atoms with Crippen LogP contribution in [0.25, 0.3) is 0 Å². The molecule has 0 atom stereocenters. The number of amides is 2. The van der Waals surface area contributed by atoms with Crippen molar-refractivity contribution in [1.29, 1.82) is 0 Å². The molecule has 0 unspecified atom stereocenters. The fraction of sp³-hybridized carbons (Fsp3) is 0.875. The molecule has 1 aliphatic rings. The van der Waals surface area contributed by atoms with Gasteiger partial charge in [0.15, 0.2) is 0 Å². The number of carboxylic acid groups (broad SMARTS) is 1. The minimum Gasteiger partial charge on any atom is -0.481 e. The second kappa shape index (κ2) is 9.64. The van der Waals surface area contributed by atoms with Crippen molar-refractivity contribution in [1.82, 2.24) is 10.6 Å². The van der Waals surface area contributed by atoms with E-state index in [1.54, 1.807) is 0 Å². The van der Waals surface area contributed by atoms with E-state index in [0.717, 1.165) is 51.0 Å². The Morgan fingerprint density at radius 3 is 2.33 bits per heavy atom. The molecule has 1 aliphatic carbocycles.